The van der Waals surface area contributed by atoms with Crippen molar-refractivity contribution in [1.29, 1.82) is 0 Å². The minimum atomic E-state index is -0.938. The van der Waals surface area contributed by atoms with Crippen molar-refractivity contribution in [1.82, 2.24) is 9.58 Å². The number of Topliss-reactive ketones (excluding diaryl/α,β-unsaturated/α-hetero) is 1. The first-order valence-electron chi connectivity index (χ1n) is 10.9. The fourth-order valence-electron chi connectivity index (χ4n) is 5.18. The highest BCUT2D eigenvalue weighted by atomic mass is 19.1. The minimum Gasteiger partial charge on any atom is -0.502 e. The number of benzene rings is 1. The molecule has 1 amide bonds. The predicted molar refractivity (Wildman–Crippen MR) is 113 cm³/mol. The minimum absolute atomic E-state index is 0.0413. The summed E-state index contributed by atoms with van der Waals surface area (Å²) in [6.45, 7) is 3.22. The van der Waals surface area contributed by atoms with Crippen LogP contribution in [0.1, 0.15) is 46.2 Å². The van der Waals surface area contributed by atoms with Crippen LogP contribution in [-0.2, 0) is 11.2 Å². The zero-order valence-corrected chi connectivity index (χ0v) is 18.0. The van der Waals surface area contributed by atoms with Crippen molar-refractivity contribution in [3.05, 3.63) is 63.1 Å². The average Bonchev–Trinajstić information content (AvgIpc) is 3.36. The number of rotatable bonds is 5. The van der Waals surface area contributed by atoms with Crippen LogP contribution in [0.4, 0.5) is 8.78 Å². The SMILES string of the molecule is CCN1C(=O)c2c(O)c(=O)c(C(=O)CCc3ccc(F)cc3F)cn2N2[C@@H]3COC[C@@H]3C[C@@H]12. The van der Waals surface area contributed by atoms with E-state index in [-0.39, 0.29) is 47.8 Å². The standard InChI is InChI=1S/C23H23F2N3O5/c1-2-26-19-7-13-10-33-11-17(13)28(19)27-9-15(21(30)22(31)20(27)23(26)32)18(29)6-4-12-3-5-14(24)8-16(12)25/h3,5,8-9,13,17,19,31H,2,4,6-7,10-11H2,1H3/t13-,17+,19-/m0/s1. The zero-order valence-electron chi connectivity index (χ0n) is 18.0. The van der Waals surface area contributed by atoms with E-state index in [0.29, 0.717) is 26.2 Å². The zero-order chi connectivity index (χ0) is 23.4. The van der Waals surface area contributed by atoms with E-state index in [1.807, 2.05) is 11.9 Å². The van der Waals surface area contributed by atoms with E-state index in [9.17, 15) is 28.3 Å². The van der Waals surface area contributed by atoms with Crippen LogP contribution >= 0.6 is 0 Å². The van der Waals surface area contributed by atoms with E-state index in [2.05, 4.69) is 0 Å². The Labute approximate surface area is 187 Å². The maximum Gasteiger partial charge on any atom is 0.278 e. The maximum atomic E-state index is 13.9. The van der Waals surface area contributed by atoms with Gasteiger partial charge < -0.3 is 14.7 Å². The van der Waals surface area contributed by atoms with Gasteiger partial charge in [0, 0.05) is 31.1 Å². The lowest BCUT2D eigenvalue weighted by molar-refractivity contribution is 0.0568. The molecule has 1 aromatic heterocycles. The van der Waals surface area contributed by atoms with Crippen LogP contribution < -0.4 is 10.4 Å². The van der Waals surface area contributed by atoms with Gasteiger partial charge in [-0.05, 0) is 31.4 Å². The summed E-state index contributed by atoms with van der Waals surface area (Å²) < 4.78 is 34.1. The molecule has 2 aromatic rings. The predicted octanol–water partition coefficient (Wildman–Crippen LogP) is 1.81. The molecular formula is C23H23F2N3O5. The summed E-state index contributed by atoms with van der Waals surface area (Å²) in [5, 5.41) is 12.6. The molecular weight excluding hydrogens is 436 g/mol. The molecule has 5 rings (SSSR count). The number of ether oxygens (including phenoxy) is 1. The molecule has 4 heterocycles. The number of aromatic nitrogens is 1. The van der Waals surface area contributed by atoms with Crippen molar-refractivity contribution >= 4 is 11.7 Å². The van der Waals surface area contributed by atoms with Crippen molar-refractivity contribution in [2.45, 2.75) is 38.4 Å². The molecule has 174 valence electrons. The van der Waals surface area contributed by atoms with Gasteiger partial charge in [-0.1, -0.05) is 6.07 Å². The van der Waals surface area contributed by atoms with Crippen LogP contribution in [0, 0.1) is 17.6 Å². The molecule has 3 atom stereocenters. The fourth-order valence-corrected chi connectivity index (χ4v) is 5.18. The molecule has 3 aliphatic rings. The quantitative estimate of drug-likeness (QED) is 0.686. The highest BCUT2D eigenvalue weighted by molar-refractivity contribution is 6.00. The molecule has 2 saturated heterocycles. The number of hydrogen-bond acceptors (Lipinski definition) is 6. The van der Waals surface area contributed by atoms with Gasteiger partial charge in [-0.15, -0.1) is 0 Å². The Kier molecular flexibility index (Phi) is 5.19. The number of pyridine rings is 1. The largest absolute Gasteiger partial charge is 0.502 e. The second-order valence-electron chi connectivity index (χ2n) is 8.62. The topological polar surface area (TPSA) is 92.1 Å². The Hall–Kier alpha value is -3.27. The van der Waals surface area contributed by atoms with Crippen LogP contribution in [0.5, 0.6) is 5.75 Å². The molecule has 0 spiro atoms. The Morgan fingerprint density at radius 2 is 2.03 bits per heavy atom. The van der Waals surface area contributed by atoms with Gasteiger partial charge in [0.1, 0.15) is 17.8 Å². The van der Waals surface area contributed by atoms with E-state index >= 15 is 0 Å². The fraction of sp³-hybridized carbons (Fsp3) is 0.435. The highest BCUT2D eigenvalue weighted by Gasteiger charge is 2.52. The number of fused-ring (bicyclic) bond motifs is 5. The summed E-state index contributed by atoms with van der Waals surface area (Å²) in [6.07, 6.45) is 1.46. The summed E-state index contributed by atoms with van der Waals surface area (Å²) in [5.41, 5.74) is -1.25. The monoisotopic (exact) mass is 459 g/mol. The van der Waals surface area contributed by atoms with E-state index in [1.54, 1.807) is 4.90 Å². The number of ketones is 1. The second-order valence-corrected chi connectivity index (χ2v) is 8.62. The molecule has 10 heteroatoms. The first kappa shape index (κ1) is 21.6. The summed E-state index contributed by atoms with van der Waals surface area (Å²) >= 11 is 0. The maximum absolute atomic E-state index is 13.9. The second kappa shape index (κ2) is 7.95. The average molecular weight is 459 g/mol. The number of aryl methyl sites for hydroxylation is 1. The molecule has 2 fully saturated rings. The van der Waals surface area contributed by atoms with Gasteiger partial charge >= 0.3 is 0 Å². The van der Waals surface area contributed by atoms with Crippen LogP contribution in [0.3, 0.4) is 0 Å². The number of amides is 1. The Balaban J connectivity index is 1.52. The van der Waals surface area contributed by atoms with Crippen molar-refractivity contribution in [3.63, 3.8) is 0 Å². The Bertz CT molecular complexity index is 1210. The molecule has 1 aromatic carbocycles. The van der Waals surface area contributed by atoms with E-state index < -0.39 is 34.5 Å². The van der Waals surface area contributed by atoms with Crippen LogP contribution in [0.15, 0.2) is 29.2 Å². The third-order valence-corrected chi connectivity index (χ3v) is 6.84. The highest BCUT2D eigenvalue weighted by Crippen LogP contribution is 2.39. The molecule has 8 nitrogen and oxygen atoms in total. The molecule has 0 unspecified atom stereocenters. The van der Waals surface area contributed by atoms with Gasteiger partial charge in [-0.2, -0.15) is 0 Å². The first-order chi connectivity index (χ1) is 15.8. The molecule has 33 heavy (non-hydrogen) atoms. The third kappa shape index (κ3) is 3.31. The van der Waals surface area contributed by atoms with Gasteiger partial charge in [0.25, 0.3) is 5.91 Å². The van der Waals surface area contributed by atoms with E-state index in [0.717, 1.165) is 12.1 Å². The van der Waals surface area contributed by atoms with Gasteiger partial charge in [0.05, 0.1) is 24.8 Å². The van der Waals surface area contributed by atoms with Crippen LogP contribution in [0.2, 0.25) is 0 Å². The number of carbonyl (C=O) groups excluding carboxylic acids is 2. The number of carbonyl (C=O) groups is 2. The number of hydrogen-bond donors (Lipinski definition) is 1. The van der Waals surface area contributed by atoms with E-state index in [4.69, 9.17) is 4.74 Å². The van der Waals surface area contributed by atoms with Crippen molar-refractivity contribution in [2.75, 3.05) is 24.8 Å². The number of nitrogens with zero attached hydrogens (tertiary/aromatic N) is 3. The Morgan fingerprint density at radius 3 is 2.76 bits per heavy atom. The molecule has 0 saturated carbocycles. The molecule has 1 N–H and O–H groups in total. The summed E-state index contributed by atoms with van der Waals surface area (Å²) in [4.78, 5) is 40.5. The Morgan fingerprint density at radius 1 is 1.24 bits per heavy atom. The first-order valence-corrected chi connectivity index (χ1v) is 10.9. The van der Waals surface area contributed by atoms with Crippen LogP contribution in [0.25, 0.3) is 0 Å². The van der Waals surface area contributed by atoms with Crippen molar-refractivity contribution in [2.24, 2.45) is 5.92 Å². The number of halogens is 2. The third-order valence-electron chi connectivity index (χ3n) is 6.84. The summed E-state index contributed by atoms with van der Waals surface area (Å²) in [6, 6.07) is 3.02. The smallest absolute Gasteiger partial charge is 0.278 e. The lowest BCUT2D eigenvalue weighted by atomic mass is 10.0. The molecule has 0 aliphatic carbocycles. The lowest BCUT2D eigenvalue weighted by Gasteiger charge is -2.44. The number of aromatic hydroxyl groups is 1. The van der Waals surface area contributed by atoms with Gasteiger partial charge in [-0.25, -0.2) is 8.78 Å². The van der Waals surface area contributed by atoms with Crippen LogP contribution in [-0.4, -0.2) is 58.3 Å². The molecule has 0 bridgehead atoms. The van der Waals surface area contributed by atoms with E-state index in [1.165, 1.54) is 16.9 Å². The van der Waals surface area contributed by atoms with Gasteiger partial charge in [0.2, 0.25) is 5.43 Å². The van der Waals surface area contributed by atoms with Gasteiger partial charge in [0.15, 0.2) is 17.2 Å². The van der Waals surface area contributed by atoms with Crippen molar-refractivity contribution < 1.29 is 28.2 Å². The lowest BCUT2D eigenvalue weighted by Crippen LogP contribution is -2.61. The van der Waals surface area contributed by atoms with Gasteiger partial charge in [-0.3, -0.25) is 24.1 Å². The summed E-state index contributed by atoms with van der Waals surface area (Å²) in [5.74, 6) is -3.16. The molecule has 3 aliphatic heterocycles. The molecule has 0 radical (unpaired) electrons. The van der Waals surface area contributed by atoms with Crippen molar-refractivity contribution in [3.8, 4) is 5.75 Å². The summed E-state index contributed by atoms with van der Waals surface area (Å²) in [7, 11) is 0. The normalized spacial score (nSPS) is 23.5.